The molecule has 0 aromatic heterocycles. The number of benzene rings is 3. The lowest BCUT2D eigenvalue weighted by Gasteiger charge is -2.28. The SMILES string of the molecule is CC1CCC(=C(c2ccc(OCOC(=O)C(C)(C)C)cc2)c2ccc(OC(C)N(C)C)cc2)c2ccccc21. The third-order valence-corrected chi connectivity index (χ3v) is 7.29. The fraction of sp³-hybridized carbons (Fsp3) is 0.382. The van der Waals surface area contributed by atoms with E-state index in [4.69, 9.17) is 14.2 Å². The summed E-state index contributed by atoms with van der Waals surface area (Å²) >= 11 is 0. The lowest BCUT2D eigenvalue weighted by Crippen LogP contribution is -2.30. The van der Waals surface area contributed by atoms with Gasteiger partial charge in [0.05, 0.1) is 5.41 Å². The Hall–Kier alpha value is -3.57. The molecule has 5 nitrogen and oxygen atoms in total. The number of carbonyl (C=O) groups excluding carboxylic acids is 1. The fourth-order valence-electron chi connectivity index (χ4n) is 4.72. The molecule has 0 saturated heterocycles. The summed E-state index contributed by atoms with van der Waals surface area (Å²) in [5.74, 6) is 1.74. The summed E-state index contributed by atoms with van der Waals surface area (Å²) in [6.45, 7) is 9.71. The first-order valence-electron chi connectivity index (χ1n) is 13.7. The second-order valence-electron chi connectivity index (χ2n) is 11.6. The minimum Gasteiger partial charge on any atom is -0.475 e. The highest BCUT2D eigenvalue weighted by Gasteiger charge is 2.25. The van der Waals surface area contributed by atoms with Crippen LogP contribution in [0.1, 0.15) is 75.6 Å². The fourth-order valence-corrected chi connectivity index (χ4v) is 4.72. The molecule has 0 aliphatic heterocycles. The molecule has 0 bridgehead atoms. The van der Waals surface area contributed by atoms with Crippen LogP contribution in [0, 0.1) is 5.41 Å². The normalized spacial score (nSPS) is 17.3. The first-order chi connectivity index (χ1) is 18.5. The average molecular weight is 528 g/mol. The zero-order valence-electron chi connectivity index (χ0n) is 24.3. The molecule has 0 N–H and O–H groups in total. The van der Waals surface area contributed by atoms with Crippen LogP contribution in [0.3, 0.4) is 0 Å². The van der Waals surface area contributed by atoms with E-state index in [0.717, 1.165) is 29.7 Å². The largest absolute Gasteiger partial charge is 0.475 e. The van der Waals surface area contributed by atoms with Gasteiger partial charge in [0.2, 0.25) is 6.79 Å². The van der Waals surface area contributed by atoms with Crippen LogP contribution in [0.4, 0.5) is 0 Å². The van der Waals surface area contributed by atoms with E-state index in [1.54, 1.807) is 0 Å². The molecule has 1 aliphatic carbocycles. The highest BCUT2D eigenvalue weighted by Crippen LogP contribution is 2.44. The van der Waals surface area contributed by atoms with Crippen molar-refractivity contribution >= 4 is 17.1 Å². The van der Waals surface area contributed by atoms with E-state index in [9.17, 15) is 4.79 Å². The Morgan fingerprint density at radius 3 is 2.10 bits per heavy atom. The Morgan fingerprint density at radius 1 is 0.923 bits per heavy atom. The molecule has 0 radical (unpaired) electrons. The van der Waals surface area contributed by atoms with Gasteiger partial charge < -0.3 is 14.2 Å². The molecule has 3 aromatic rings. The third kappa shape index (κ3) is 6.90. The van der Waals surface area contributed by atoms with Crippen molar-refractivity contribution in [3.8, 4) is 11.5 Å². The molecule has 1 aliphatic rings. The number of nitrogens with zero attached hydrogens (tertiary/aromatic N) is 1. The van der Waals surface area contributed by atoms with Crippen molar-refractivity contribution in [1.29, 1.82) is 0 Å². The van der Waals surface area contributed by atoms with Gasteiger partial charge in [-0.05, 0) is 118 Å². The summed E-state index contributed by atoms with van der Waals surface area (Å²) < 4.78 is 17.1. The van der Waals surface area contributed by atoms with Crippen molar-refractivity contribution in [3.63, 3.8) is 0 Å². The van der Waals surface area contributed by atoms with Crippen LogP contribution < -0.4 is 9.47 Å². The maximum atomic E-state index is 12.1. The molecule has 0 spiro atoms. The summed E-state index contributed by atoms with van der Waals surface area (Å²) in [7, 11) is 4.01. The zero-order valence-corrected chi connectivity index (χ0v) is 24.3. The van der Waals surface area contributed by atoms with Crippen molar-refractivity contribution in [1.82, 2.24) is 4.90 Å². The maximum Gasteiger partial charge on any atom is 0.314 e. The number of fused-ring (bicyclic) bond motifs is 1. The lowest BCUT2D eigenvalue weighted by atomic mass is 9.77. The third-order valence-electron chi connectivity index (χ3n) is 7.29. The Morgan fingerprint density at radius 2 is 1.51 bits per heavy atom. The van der Waals surface area contributed by atoms with Gasteiger partial charge in [-0.25, -0.2) is 0 Å². The number of hydrogen-bond donors (Lipinski definition) is 0. The quantitative estimate of drug-likeness (QED) is 0.221. The van der Waals surface area contributed by atoms with E-state index in [1.807, 2.05) is 71.0 Å². The number of hydrogen-bond acceptors (Lipinski definition) is 5. The van der Waals surface area contributed by atoms with Crippen molar-refractivity contribution in [2.45, 2.75) is 59.6 Å². The van der Waals surface area contributed by atoms with Gasteiger partial charge in [-0.15, -0.1) is 0 Å². The summed E-state index contributed by atoms with van der Waals surface area (Å²) in [4.78, 5) is 14.1. The summed E-state index contributed by atoms with van der Waals surface area (Å²) in [6, 6.07) is 25.2. The first-order valence-corrected chi connectivity index (χ1v) is 13.7. The summed E-state index contributed by atoms with van der Waals surface area (Å²) in [5, 5.41) is 0. The first kappa shape index (κ1) is 28.4. The predicted octanol–water partition coefficient (Wildman–Crippen LogP) is 7.76. The Kier molecular flexibility index (Phi) is 8.81. The molecule has 0 saturated carbocycles. The van der Waals surface area contributed by atoms with E-state index < -0.39 is 5.41 Å². The Bertz CT molecular complexity index is 1300. The van der Waals surface area contributed by atoms with Gasteiger partial charge in [0.1, 0.15) is 17.7 Å². The van der Waals surface area contributed by atoms with Crippen LogP contribution in [0.2, 0.25) is 0 Å². The molecule has 5 heteroatoms. The molecule has 2 unspecified atom stereocenters. The number of rotatable bonds is 8. The molecule has 0 amide bonds. The van der Waals surface area contributed by atoms with Crippen molar-refractivity contribution < 1.29 is 19.0 Å². The summed E-state index contributed by atoms with van der Waals surface area (Å²) in [5.41, 5.74) is 6.99. The van der Waals surface area contributed by atoms with Gasteiger partial charge in [-0.1, -0.05) is 55.5 Å². The van der Waals surface area contributed by atoms with Crippen LogP contribution in [-0.2, 0) is 9.53 Å². The maximum absolute atomic E-state index is 12.1. The lowest BCUT2D eigenvalue weighted by molar-refractivity contribution is -0.159. The van der Waals surface area contributed by atoms with E-state index >= 15 is 0 Å². The van der Waals surface area contributed by atoms with Crippen LogP contribution in [0.5, 0.6) is 11.5 Å². The van der Waals surface area contributed by atoms with Gasteiger partial charge in [0, 0.05) is 0 Å². The van der Waals surface area contributed by atoms with Crippen molar-refractivity contribution in [2.75, 3.05) is 20.9 Å². The second kappa shape index (κ2) is 12.1. The predicted molar refractivity (Wildman–Crippen MR) is 158 cm³/mol. The molecule has 39 heavy (non-hydrogen) atoms. The van der Waals surface area contributed by atoms with Gasteiger partial charge in [-0.2, -0.15) is 0 Å². The Balaban J connectivity index is 1.67. The van der Waals surface area contributed by atoms with Crippen molar-refractivity contribution in [2.24, 2.45) is 5.41 Å². The highest BCUT2D eigenvalue weighted by atomic mass is 16.7. The van der Waals surface area contributed by atoms with E-state index in [0.29, 0.717) is 11.7 Å². The van der Waals surface area contributed by atoms with Crippen LogP contribution in [0.15, 0.2) is 72.8 Å². The minimum absolute atomic E-state index is 0.0180. The van der Waals surface area contributed by atoms with Gasteiger partial charge in [-0.3, -0.25) is 9.69 Å². The molecule has 0 fully saturated rings. The number of carbonyl (C=O) groups is 1. The Labute approximate surface area is 233 Å². The molecule has 206 valence electrons. The monoisotopic (exact) mass is 527 g/mol. The van der Waals surface area contributed by atoms with Gasteiger partial charge >= 0.3 is 5.97 Å². The number of allylic oxidation sites excluding steroid dienone is 1. The standard InChI is InChI=1S/C34H41NO4/c1-23-12-21-31(30-11-9-8-10-29(23)30)32(26-15-19-28(20-16-26)39-24(2)35(6)7)25-13-17-27(18-14-25)37-22-38-33(36)34(3,4)5/h8-11,13-20,23-24H,12,21-22H2,1-7H3. The zero-order chi connectivity index (χ0) is 28.2. The van der Waals surface area contributed by atoms with Gasteiger partial charge in [0.15, 0.2) is 0 Å². The van der Waals surface area contributed by atoms with E-state index in [2.05, 4.69) is 55.5 Å². The van der Waals surface area contributed by atoms with E-state index in [-0.39, 0.29) is 19.0 Å². The van der Waals surface area contributed by atoms with Crippen LogP contribution in [-0.4, -0.2) is 38.0 Å². The summed E-state index contributed by atoms with van der Waals surface area (Å²) in [6.07, 6.45) is 2.10. The van der Waals surface area contributed by atoms with Crippen LogP contribution in [0.25, 0.3) is 11.1 Å². The number of ether oxygens (including phenoxy) is 3. The molecular weight excluding hydrogens is 486 g/mol. The second-order valence-corrected chi connectivity index (χ2v) is 11.6. The smallest absolute Gasteiger partial charge is 0.314 e. The topological polar surface area (TPSA) is 48.0 Å². The molecule has 4 rings (SSSR count). The molecule has 2 atom stereocenters. The highest BCUT2D eigenvalue weighted by molar-refractivity contribution is 5.99. The number of esters is 1. The molecule has 3 aromatic carbocycles. The minimum atomic E-state index is -0.562. The van der Waals surface area contributed by atoms with Gasteiger partial charge in [0.25, 0.3) is 0 Å². The van der Waals surface area contributed by atoms with Crippen molar-refractivity contribution in [3.05, 3.63) is 95.1 Å². The molecule has 0 heterocycles. The molecular formula is C34H41NO4. The van der Waals surface area contributed by atoms with E-state index in [1.165, 1.54) is 22.3 Å². The average Bonchev–Trinajstić information content (AvgIpc) is 2.91. The van der Waals surface area contributed by atoms with Crippen LogP contribution >= 0.6 is 0 Å².